The van der Waals surface area contributed by atoms with Crippen molar-refractivity contribution in [2.24, 2.45) is 0 Å². The van der Waals surface area contributed by atoms with Gasteiger partial charge in [0.2, 0.25) is 11.8 Å². The third-order valence-electron chi connectivity index (χ3n) is 4.52. The zero-order chi connectivity index (χ0) is 19.7. The molecule has 144 valence electrons. The number of H-pyrrole nitrogens is 1. The molecule has 1 aromatic carbocycles. The van der Waals surface area contributed by atoms with E-state index in [0.717, 1.165) is 0 Å². The summed E-state index contributed by atoms with van der Waals surface area (Å²) >= 11 is 0. The molecular formula is C18H18N6O4. The van der Waals surface area contributed by atoms with Gasteiger partial charge < -0.3 is 19.9 Å². The van der Waals surface area contributed by atoms with E-state index in [1.807, 2.05) is 0 Å². The quantitative estimate of drug-likeness (QED) is 0.654. The summed E-state index contributed by atoms with van der Waals surface area (Å²) in [6.45, 7) is 2.38. The molecule has 0 unspecified atom stereocenters. The SMILES string of the molecule is CC(=O)N1CC(OCC(=O)Nc2ccccc2-n2ncc3c(=O)[nH]cnc32)C1. The first-order valence-corrected chi connectivity index (χ1v) is 8.70. The van der Waals surface area contributed by atoms with Crippen molar-refractivity contribution in [3.8, 4) is 5.69 Å². The summed E-state index contributed by atoms with van der Waals surface area (Å²) in [6, 6.07) is 7.08. The van der Waals surface area contributed by atoms with Crippen LogP contribution in [0, 0.1) is 0 Å². The van der Waals surface area contributed by atoms with Gasteiger partial charge >= 0.3 is 0 Å². The number of ether oxygens (including phenoxy) is 1. The van der Waals surface area contributed by atoms with Crippen molar-refractivity contribution in [2.45, 2.75) is 13.0 Å². The first-order valence-electron chi connectivity index (χ1n) is 8.70. The van der Waals surface area contributed by atoms with Crippen molar-refractivity contribution < 1.29 is 14.3 Å². The second-order valence-corrected chi connectivity index (χ2v) is 6.45. The zero-order valence-electron chi connectivity index (χ0n) is 15.1. The molecule has 4 rings (SSSR count). The Bertz CT molecular complexity index is 1100. The molecule has 1 aliphatic rings. The fourth-order valence-electron chi connectivity index (χ4n) is 2.98. The monoisotopic (exact) mass is 382 g/mol. The molecule has 2 amide bonds. The number of nitrogens with one attached hydrogen (secondary N) is 2. The number of aromatic nitrogens is 4. The van der Waals surface area contributed by atoms with Gasteiger partial charge in [-0.1, -0.05) is 12.1 Å². The van der Waals surface area contributed by atoms with Gasteiger partial charge in [-0.15, -0.1) is 0 Å². The molecule has 10 nitrogen and oxygen atoms in total. The van der Waals surface area contributed by atoms with Crippen LogP contribution in [0.25, 0.3) is 16.7 Å². The van der Waals surface area contributed by atoms with Crippen LogP contribution < -0.4 is 10.9 Å². The van der Waals surface area contributed by atoms with Crippen molar-refractivity contribution >= 4 is 28.5 Å². The van der Waals surface area contributed by atoms with Crippen molar-refractivity contribution in [1.29, 1.82) is 0 Å². The second-order valence-electron chi connectivity index (χ2n) is 6.45. The van der Waals surface area contributed by atoms with E-state index in [-0.39, 0.29) is 30.1 Å². The molecule has 10 heteroatoms. The van der Waals surface area contributed by atoms with Gasteiger partial charge in [0.1, 0.15) is 12.0 Å². The van der Waals surface area contributed by atoms with Crippen LogP contribution in [-0.4, -0.2) is 62.3 Å². The van der Waals surface area contributed by atoms with Crippen LogP contribution in [0.2, 0.25) is 0 Å². The van der Waals surface area contributed by atoms with E-state index in [0.29, 0.717) is 35.5 Å². The summed E-state index contributed by atoms with van der Waals surface area (Å²) in [5.41, 5.74) is 1.20. The Balaban J connectivity index is 1.47. The van der Waals surface area contributed by atoms with Gasteiger partial charge in [0.15, 0.2) is 5.65 Å². The Labute approximate surface area is 159 Å². The number of likely N-dealkylation sites (tertiary alicyclic amines) is 1. The number of anilines is 1. The molecule has 0 atom stereocenters. The van der Waals surface area contributed by atoms with Crippen LogP contribution in [0.15, 0.2) is 41.6 Å². The molecule has 2 N–H and O–H groups in total. The van der Waals surface area contributed by atoms with Crippen LogP contribution in [0.1, 0.15) is 6.92 Å². The second kappa shape index (κ2) is 7.24. The van der Waals surface area contributed by atoms with Crippen LogP contribution in [-0.2, 0) is 14.3 Å². The van der Waals surface area contributed by atoms with Crippen molar-refractivity contribution in [2.75, 3.05) is 25.0 Å². The smallest absolute Gasteiger partial charge is 0.261 e. The van der Waals surface area contributed by atoms with Gasteiger partial charge in [0.25, 0.3) is 5.56 Å². The molecule has 28 heavy (non-hydrogen) atoms. The van der Waals surface area contributed by atoms with Gasteiger partial charge in [-0.25, -0.2) is 9.67 Å². The van der Waals surface area contributed by atoms with Crippen LogP contribution in [0.3, 0.4) is 0 Å². The lowest BCUT2D eigenvalue weighted by Crippen LogP contribution is -2.54. The third kappa shape index (κ3) is 3.37. The molecule has 0 bridgehead atoms. The van der Waals surface area contributed by atoms with E-state index in [4.69, 9.17) is 4.74 Å². The lowest BCUT2D eigenvalue weighted by atomic mass is 10.2. The first kappa shape index (κ1) is 17.9. The largest absolute Gasteiger partial charge is 0.365 e. The number of para-hydroxylation sites is 2. The molecule has 0 spiro atoms. The predicted octanol–water partition coefficient (Wildman–Crippen LogP) is 0.295. The van der Waals surface area contributed by atoms with Gasteiger partial charge in [0, 0.05) is 20.0 Å². The number of benzene rings is 1. The summed E-state index contributed by atoms with van der Waals surface area (Å²) in [5, 5.41) is 7.38. The lowest BCUT2D eigenvalue weighted by molar-refractivity contribution is -0.144. The van der Waals surface area contributed by atoms with Crippen molar-refractivity contribution in [1.82, 2.24) is 24.6 Å². The minimum atomic E-state index is -0.323. The lowest BCUT2D eigenvalue weighted by Gasteiger charge is -2.38. The summed E-state index contributed by atoms with van der Waals surface area (Å²) in [6.07, 6.45) is 2.61. The average Bonchev–Trinajstić information content (AvgIpc) is 3.06. The molecule has 2 aromatic heterocycles. The maximum absolute atomic E-state index is 12.3. The van der Waals surface area contributed by atoms with Crippen LogP contribution in [0.5, 0.6) is 0 Å². The highest BCUT2D eigenvalue weighted by Gasteiger charge is 2.29. The number of hydrogen-bond donors (Lipinski definition) is 2. The Morgan fingerprint density at radius 3 is 2.89 bits per heavy atom. The van der Waals surface area contributed by atoms with E-state index in [9.17, 15) is 14.4 Å². The maximum atomic E-state index is 12.3. The Kier molecular flexibility index (Phi) is 4.62. The Morgan fingerprint density at radius 2 is 2.11 bits per heavy atom. The molecular weight excluding hydrogens is 364 g/mol. The summed E-state index contributed by atoms with van der Waals surface area (Å²) < 4.78 is 7.02. The molecule has 3 aromatic rings. The molecule has 1 saturated heterocycles. The standard InChI is InChI=1S/C18H18N6O4/c1-11(25)23-7-12(8-23)28-9-16(26)22-14-4-2-3-5-15(14)24-17-13(6-21-24)18(27)20-10-19-17/h2-6,10,12H,7-9H2,1H3,(H,22,26)(H,19,20,27). The number of rotatable bonds is 5. The zero-order valence-corrected chi connectivity index (χ0v) is 15.1. The molecule has 1 aliphatic heterocycles. The maximum Gasteiger partial charge on any atom is 0.261 e. The number of amides is 2. The molecule has 0 aliphatic carbocycles. The third-order valence-corrected chi connectivity index (χ3v) is 4.52. The number of carbonyl (C=O) groups excluding carboxylic acids is 2. The minimum Gasteiger partial charge on any atom is -0.365 e. The number of aromatic amines is 1. The fraction of sp³-hybridized carbons (Fsp3) is 0.278. The van der Waals surface area contributed by atoms with Crippen molar-refractivity contribution in [3.05, 3.63) is 47.1 Å². The number of fused-ring (bicyclic) bond motifs is 1. The summed E-state index contributed by atoms with van der Waals surface area (Å²) in [7, 11) is 0. The first-order chi connectivity index (χ1) is 13.5. The Hall–Kier alpha value is -3.53. The summed E-state index contributed by atoms with van der Waals surface area (Å²) in [5.74, 6) is -0.326. The van der Waals surface area contributed by atoms with E-state index >= 15 is 0 Å². The fourth-order valence-corrected chi connectivity index (χ4v) is 2.98. The average molecular weight is 382 g/mol. The van der Waals surface area contributed by atoms with E-state index < -0.39 is 0 Å². The van der Waals surface area contributed by atoms with Gasteiger partial charge in [-0.3, -0.25) is 14.4 Å². The van der Waals surface area contributed by atoms with E-state index in [1.165, 1.54) is 24.1 Å². The normalized spacial score (nSPS) is 14.1. The highest BCUT2D eigenvalue weighted by atomic mass is 16.5. The number of hydrogen-bond acceptors (Lipinski definition) is 6. The van der Waals surface area contributed by atoms with Gasteiger partial charge in [0.05, 0.1) is 30.0 Å². The van der Waals surface area contributed by atoms with E-state index in [2.05, 4.69) is 20.4 Å². The predicted molar refractivity (Wildman–Crippen MR) is 100 cm³/mol. The molecule has 3 heterocycles. The van der Waals surface area contributed by atoms with E-state index in [1.54, 1.807) is 29.2 Å². The summed E-state index contributed by atoms with van der Waals surface area (Å²) in [4.78, 5) is 43.7. The molecule has 0 radical (unpaired) electrons. The highest BCUT2D eigenvalue weighted by Crippen LogP contribution is 2.22. The highest BCUT2D eigenvalue weighted by molar-refractivity contribution is 5.94. The van der Waals surface area contributed by atoms with Gasteiger partial charge in [-0.05, 0) is 12.1 Å². The molecule has 1 fully saturated rings. The van der Waals surface area contributed by atoms with Crippen LogP contribution >= 0.6 is 0 Å². The van der Waals surface area contributed by atoms with Crippen molar-refractivity contribution in [3.63, 3.8) is 0 Å². The molecule has 0 saturated carbocycles. The number of carbonyl (C=O) groups is 2. The minimum absolute atomic E-state index is 0.00266. The van der Waals surface area contributed by atoms with Gasteiger partial charge in [-0.2, -0.15) is 5.10 Å². The number of nitrogens with zero attached hydrogens (tertiary/aromatic N) is 4. The van der Waals surface area contributed by atoms with Crippen LogP contribution in [0.4, 0.5) is 5.69 Å². The Morgan fingerprint density at radius 1 is 1.32 bits per heavy atom. The topological polar surface area (TPSA) is 122 Å².